The van der Waals surface area contributed by atoms with Gasteiger partial charge in [-0.15, -0.1) is 0 Å². The molecule has 0 radical (unpaired) electrons. The Labute approximate surface area is 209 Å². The molecule has 3 heterocycles. The van der Waals surface area contributed by atoms with E-state index in [4.69, 9.17) is 9.47 Å². The lowest BCUT2D eigenvalue weighted by Gasteiger charge is -2.43. The zero-order valence-corrected chi connectivity index (χ0v) is 20.9. The molecule has 4 aliphatic rings. The van der Waals surface area contributed by atoms with Crippen LogP contribution < -0.4 is 10.1 Å². The number of amides is 1. The molecule has 1 aliphatic carbocycles. The molecule has 2 atom stereocenters. The number of nitrogens with one attached hydrogen (secondary N) is 1. The first-order chi connectivity index (χ1) is 16.6. The number of piperidine rings is 3. The Morgan fingerprint density at radius 2 is 1.82 bits per heavy atom. The van der Waals surface area contributed by atoms with Crippen molar-refractivity contribution in [2.75, 3.05) is 26.2 Å². The quantitative estimate of drug-likeness (QED) is 0.486. The fourth-order valence-electron chi connectivity index (χ4n) is 5.07. The summed E-state index contributed by atoms with van der Waals surface area (Å²) in [5.74, 6) is 1.27. The van der Waals surface area contributed by atoms with Crippen molar-refractivity contribution >= 4 is 22.0 Å². The van der Waals surface area contributed by atoms with Crippen molar-refractivity contribution in [1.29, 1.82) is 0 Å². The minimum atomic E-state index is -0.358. The van der Waals surface area contributed by atoms with Gasteiger partial charge in [0.2, 0.25) is 0 Å². The van der Waals surface area contributed by atoms with Crippen LogP contribution in [0.25, 0.3) is 0 Å². The van der Waals surface area contributed by atoms with Gasteiger partial charge in [-0.25, -0.2) is 4.79 Å². The number of halogens is 1. The molecule has 2 aromatic rings. The van der Waals surface area contributed by atoms with E-state index >= 15 is 0 Å². The number of ether oxygens (including phenoxy) is 2. The number of alkyl carbamates (subject to hydrolysis) is 1. The van der Waals surface area contributed by atoms with E-state index in [-0.39, 0.29) is 18.2 Å². The number of fused-ring (bicyclic) bond motifs is 3. The zero-order valence-electron chi connectivity index (χ0n) is 19.3. The number of hydrogen-bond acceptors (Lipinski definition) is 4. The summed E-state index contributed by atoms with van der Waals surface area (Å²) in [4.78, 5) is 15.4. The molecule has 178 valence electrons. The lowest BCUT2D eigenvalue weighted by molar-refractivity contribution is -0.0336. The highest BCUT2D eigenvalue weighted by molar-refractivity contribution is 9.11. The summed E-state index contributed by atoms with van der Waals surface area (Å²) >= 11 is 3.55. The van der Waals surface area contributed by atoms with Crippen molar-refractivity contribution in [3.63, 3.8) is 0 Å². The summed E-state index contributed by atoms with van der Waals surface area (Å²) in [7, 11) is 0. The smallest absolute Gasteiger partial charge is 0.408 e. The number of nitrogens with zero attached hydrogens (tertiary/aromatic N) is 1. The second-order valence-electron chi connectivity index (χ2n) is 9.37. The van der Waals surface area contributed by atoms with E-state index in [0.717, 1.165) is 62.2 Å². The lowest BCUT2D eigenvalue weighted by Crippen LogP contribution is -2.52. The van der Waals surface area contributed by atoms with Crippen molar-refractivity contribution in [2.24, 2.45) is 5.92 Å². The van der Waals surface area contributed by atoms with Crippen LogP contribution in [0.15, 0.2) is 76.8 Å². The maximum atomic E-state index is 13.0. The van der Waals surface area contributed by atoms with Crippen LogP contribution in [0.1, 0.15) is 42.9 Å². The van der Waals surface area contributed by atoms with Crippen LogP contribution in [0, 0.1) is 5.92 Å². The van der Waals surface area contributed by atoms with Gasteiger partial charge < -0.3 is 14.8 Å². The second-order valence-corrected chi connectivity index (χ2v) is 10.4. The van der Waals surface area contributed by atoms with E-state index in [1.807, 2.05) is 54.6 Å². The Hall–Kier alpha value is -2.57. The van der Waals surface area contributed by atoms with E-state index < -0.39 is 0 Å². The molecule has 0 aromatic heterocycles. The average molecular weight is 523 g/mol. The molecule has 2 bridgehead atoms. The molecule has 0 spiro atoms. The van der Waals surface area contributed by atoms with Gasteiger partial charge in [0, 0.05) is 6.54 Å². The number of carbonyl (C=O) groups excluding carboxylic acids is 1. The van der Waals surface area contributed by atoms with Gasteiger partial charge in [-0.1, -0.05) is 70.5 Å². The largest absolute Gasteiger partial charge is 0.489 e. The van der Waals surface area contributed by atoms with E-state index in [1.165, 1.54) is 10.1 Å². The summed E-state index contributed by atoms with van der Waals surface area (Å²) in [6.07, 6.45) is 8.07. The van der Waals surface area contributed by atoms with Crippen molar-refractivity contribution in [2.45, 2.75) is 37.8 Å². The van der Waals surface area contributed by atoms with Crippen LogP contribution in [0.4, 0.5) is 4.79 Å². The molecule has 0 saturated carbocycles. The van der Waals surface area contributed by atoms with E-state index in [9.17, 15) is 4.79 Å². The van der Waals surface area contributed by atoms with Gasteiger partial charge in [-0.2, -0.15) is 0 Å². The zero-order chi connectivity index (χ0) is 23.3. The van der Waals surface area contributed by atoms with Gasteiger partial charge >= 0.3 is 6.09 Å². The van der Waals surface area contributed by atoms with Crippen LogP contribution in [-0.2, 0) is 4.74 Å². The Balaban J connectivity index is 1.29. The summed E-state index contributed by atoms with van der Waals surface area (Å²) in [6, 6.07) is 17.7. The third-order valence-corrected chi connectivity index (χ3v) is 7.71. The van der Waals surface area contributed by atoms with Crippen molar-refractivity contribution in [1.82, 2.24) is 10.2 Å². The third kappa shape index (κ3) is 5.73. The van der Waals surface area contributed by atoms with E-state index in [2.05, 4.69) is 38.3 Å². The van der Waals surface area contributed by atoms with Crippen LogP contribution in [0.3, 0.4) is 0 Å². The van der Waals surface area contributed by atoms with E-state index in [1.54, 1.807) is 0 Å². The summed E-state index contributed by atoms with van der Waals surface area (Å²) in [5, 5.41) is 3.13. The van der Waals surface area contributed by atoms with Crippen LogP contribution in [0.5, 0.6) is 5.75 Å². The number of rotatable bonds is 7. The molecule has 6 rings (SSSR count). The Morgan fingerprint density at radius 3 is 2.53 bits per heavy atom. The highest BCUT2D eigenvalue weighted by Crippen LogP contribution is 2.31. The molecule has 1 amide bonds. The first-order valence-corrected chi connectivity index (χ1v) is 12.9. The first kappa shape index (κ1) is 23.2. The molecule has 0 unspecified atom stereocenters. The van der Waals surface area contributed by atoms with E-state index in [0.29, 0.717) is 12.5 Å². The summed E-state index contributed by atoms with van der Waals surface area (Å²) in [6.45, 7) is 3.65. The second kappa shape index (κ2) is 10.8. The standard InChI is InChI=1S/C28H31BrN2O3/c29-24-11-9-20(10-12-24)19-33-25-8-4-7-23(17-25)27(22-5-2-1-3-6-22)30-28(32)34-26-18-31-15-13-21(26)14-16-31/h1-9,11,17,21,26-27H,10,12-16,18-19H2,(H,30,32)/t26-,27-/m0/s1. The minimum Gasteiger partial charge on any atom is -0.489 e. The predicted octanol–water partition coefficient (Wildman–Crippen LogP) is 5.97. The van der Waals surface area contributed by atoms with Gasteiger partial charge in [-0.3, -0.25) is 4.90 Å². The SMILES string of the molecule is O=C(N[C@@H](c1ccccc1)c1cccc(OCC2=CC=C(Br)CC2)c1)O[C@H]1CN2CCC1CC2. The number of benzene rings is 2. The van der Waals surface area contributed by atoms with Crippen LogP contribution in [-0.4, -0.2) is 43.3 Å². The van der Waals surface area contributed by atoms with Gasteiger partial charge in [0.1, 0.15) is 18.5 Å². The average Bonchev–Trinajstić information content (AvgIpc) is 2.88. The molecule has 1 N–H and O–H groups in total. The number of hydrogen-bond donors (Lipinski definition) is 1. The Kier molecular flexibility index (Phi) is 7.36. The van der Waals surface area contributed by atoms with Gasteiger partial charge in [0.25, 0.3) is 0 Å². The highest BCUT2D eigenvalue weighted by Gasteiger charge is 2.36. The maximum absolute atomic E-state index is 13.0. The van der Waals surface area contributed by atoms with Gasteiger partial charge in [0.05, 0.1) is 6.04 Å². The number of carbonyl (C=O) groups is 1. The number of allylic oxidation sites excluding steroid dienone is 3. The van der Waals surface area contributed by atoms with Crippen LogP contribution in [0.2, 0.25) is 0 Å². The maximum Gasteiger partial charge on any atom is 0.408 e. The topological polar surface area (TPSA) is 50.8 Å². The molecule has 34 heavy (non-hydrogen) atoms. The third-order valence-electron chi connectivity index (χ3n) is 7.05. The minimum absolute atomic E-state index is 0.0218. The molecule has 3 fully saturated rings. The Morgan fingerprint density at radius 1 is 1.03 bits per heavy atom. The summed E-state index contributed by atoms with van der Waals surface area (Å²) < 4.78 is 13.3. The highest BCUT2D eigenvalue weighted by atomic mass is 79.9. The monoisotopic (exact) mass is 522 g/mol. The fourth-order valence-corrected chi connectivity index (χ4v) is 5.40. The molecular formula is C28H31BrN2O3. The molecule has 3 aliphatic heterocycles. The molecule has 5 nitrogen and oxygen atoms in total. The van der Waals surface area contributed by atoms with Crippen molar-refractivity contribution < 1.29 is 14.3 Å². The molecular weight excluding hydrogens is 492 g/mol. The van der Waals surface area contributed by atoms with Crippen molar-refractivity contribution in [3.8, 4) is 5.75 Å². The lowest BCUT2D eigenvalue weighted by atomic mass is 9.86. The fraction of sp³-hybridized carbons (Fsp3) is 0.393. The molecule has 2 aromatic carbocycles. The first-order valence-electron chi connectivity index (χ1n) is 12.2. The summed E-state index contributed by atoms with van der Waals surface area (Å²) in [5.41, 5.74) is 3.25. The molecule has 6 heteroatoms. The predicted molar refractivity (Wildman–Crippen MR) is 137 cm³/mol. The molecule has 3 saturated heterocycles. The van der Waals surface area contributed by atoms with Gasteiger partial charge in [-0.05, 0) is 78.0 Å². The van der Waals surface area contributed by atoms with Crippen LogP contribution >= 0.6 is 15.9 Å². The normalized spacial score (nSPS) is 24.6. The van der Waals surface area contributed by atoms with Gasteiger partial charge in [0.15, 0.2) is 0 Å². The van der Waals surface area contributed by atoms with Crippen molar-refractivity contribution in [3.05, 3.63) is 87.9 Å². The Bertz CT molecular complexity index is 1060.